The molecule has 0 spiro atoms. The Morgan fingerprint density at radius 1 is 1.50 bits per heavy atom. The smallest absolute Gasteiger partial charge is 0.244 e. The van der Waals surface area contributed by atoms with E-state index in [-0.39, 0.29) is 5.91 Å². The number of hydrogen-bond donors (Lipinski definition) is 2. The lowest BCUT2D eigenvalue weighted by Gasteiger charge is -2.24. The number of anilines is 1. The highest BCUT2D eigenvalue weighted by molar-refractivity contribution is 6.33. The number of nitriles is 1. The van der Waals surface area contributed by atoms with Crippen molar-refractivity contribution in [3.63, 3.8) is 0 Å². The summed E-state index contributed by atoms with van der Waals surface area (Å²) in [4.78, 5) is 12.0. The quantitative estimate of drug-likeness (QED) is 0.879. The molecule has 0 unspecified atom stereocenters. The van der Waals surface area contributed by atoms with E-state index in [1.54, 1.807) is 26.0 Å². The third-order valence-electron chi connectivity index (χ3n) is 2.53. The number of hydrogen-bond acceptors (Lipinski definition) is 3. The SMILES string of the molecule is CCNC(C)(C)C(=O)Nc1ccc(C#N)cc1Cl. The third kappa shape index (κ3) is 3.46. The molecule has 0 fully saturated rings. The average molecular weight is 266 g/mol. The van der Waals surface area contributed by atoms with Crippen LogP contribution in [-0.4, -0.2) is 18.0 Å². The number of nitrogens with one attached hydrogen (secondary N) is 2. The number of amides is 1. The highest BCUT2D eigenvalue weighted by Gasteiger charge is 2.26. The first-order chi connectivity index (χ1) is 8.40. The molecule has 1 aromatic carbocycles. The molecule has 0 radical (unpaired) electrons. The monoisotopic (exact) mass is 265 g/mol. The largest absolute Gasteiger partial charge is 0.323 e. The van der Waals surface area contributed by atoms with Gasteiger partial charge in [-0.2, -0.15) is 5.26 Å². The molecule has 0 aliphatic rings. The van der Waals surface area contributed by atoms with E-state index < -0.39 is 5.54 Å². The van der Waals surface area contributed by atoms with Crippen LogP contribution in [0.15, 0.2) is 18.2 Å². The summed E-state index contributed by atoms with van der Waals surface area (Å²) >= 11 is 5.99. The van der Waals surface area contributed by atoms with E-state index in [1.165, 1.54) is 6.07 Å². The molecule has 0 atom stereocenters. The Balaban J connectivity index is 2.86. The fourth-order valence-electron chi connectivity index (χ4n) is 1.49. The van der Waals surface area contributed by atoms with Gasteiger partial charge in [0.15, 0.2) is 0 Å². The highest BCUT2D eigenvalue weighted by Crippen LogP contribution is 2.23. The standard InChI is InChI=1S/C13H16ClN3O/c1-4-16-13(2,3)12(18)17-11-6-5-9(8-15)7-10(11)14/h5-7,16H,4H2,1-3H3,(H,17,18). The van der Waals surface area contributed by atoms with Crippen molar-refractivity contribution in [2.24, 2.45) is 0 Å². The summed E-state index contributed by atoms with van der Waals surface area (Å²) in [7, 11) is 0. The van der Waals surface area contributed by atoms with Gasteiger partial charge >= 0.3 is 0 Å². The molecule has 0 bridgehead atoms. The molecule has 0 aliphatic carbocycles. The Morgan fingerprint density at radius 2 is 2.17 bits per heavy atom. The Bertz CT molecular complexity index is 491. The number of carbonyl (C=O) groups is 1. The van der Waals surface area contributed by atoms with E-state index in [9.17, 15) is 4.79 Å². The zero-order chi connectivity index (χ0) is 13.8. The van der Waals surface area contributed by atoms with E-state index in [4.69, 9.17) is 16.9 Å². The van der Waals surface area contributed by atoms with Crippen molar-refractivity contribution in [2.45, 2.75) is 26.3 Å². The third-order valence-corrected chi connectivity index (χ3v) is 2.85. The summed E-state index contributed by atoms with van der Waals surface area (Å²) in [5.41, 5.74) is 0.294. The minimum absolute atomic E-state index is 0.170. The Morgan fingerprint density at radius 3 is 2.67 bits per heavy atom. The molecule has 0 heterocycles. The van der Waals surface area contributed by atoms with Gasteiger partial charge in [0.1, 0.15) is 0 Å². The van der Waals surface area contributed by atoms with E-state index in [1.807, 2.05) is 13.0 Å². The predicted octanol–water partition coefficient (Wildman–Crippen LogP) is 2.54. The molecule has 0 aromatic heterocycles. The maximum absolute atomic E-state index is 12.0. The molecular formula is C13H16ClN3O. The molecule has 1 aromatic rings. The summed E-state index contributed by atoms with van der Waals surface area (Å²) in [5, 5.41) is 14.9. The van der Waals surface area contributed by atoms with Gasteiger partial charge < -0.3 is 10.6 Å². The number of carbonyl (C=O) groups excluding carboxylic acids is 1. The van der Waals surface area contributed by atoms with Gasteiger partial charge in [-0.1, -0.05) is 18.5 Å². The lowest BCUT2D eigenvalue weighted by molar-refractivity contribution is -0.121. The van der Waals surface area contributed by atoms with E-state index in [0.29, 0.717) is 22.8 Å². The van der Waals surface area contributed by atoms with Gasteiger partial charge in [0.25, 0.3) is 0 Å². The second-order valence-electron chi connectivity index (χ2n) is 4.42. The number of likely N-dealkylation sites (N-methyl/N-ethyl adjacent to an activating group) is 1. The zero-order valence-electron chi connectivity index (χ0n) is 10.7. The number of rotatable bonds is 4. The first-order valence-electron chi connectivity index (χ1n) is 5.67. The molecule has 1 amide bonds. The molecule has 5 heteroatoms. The van der Waals surface area contributed by atoms with Crippen molar-refractivity contribution in [1.82, 2.24) is 5.32 Å². The van der Waals surface area contributed by atoms with E-state index >= 15 is 0 Å². The van der Waals surface area contributed by atoms with Crippen LogP contribution >= 0.6 is 11.6 Å². The van der Waals surface area contributed by atoms with Crippen LogP contribution in [-0.2, 0) is 4.79 Å². The minimum atomic E-state index is -0.675. The van der Waals surface area contributed by atoms with Crippen LogP contribution in [0.1, 0.15) is 26.3 Å². The van der Waals surface area contributed by atoms with Crippen LogP contribution in [0.4, 0.5) is 5.69 Å². The summed E-state index contributed by atoms with van der Waals surface area (Å²) in [6.07, 6.45) is 0. The normalized spacial score (nSPS) is 10.8. The van der Waals surface area contributed by atoms with Crippen molar-refractivity contribution in [1.29, 1.82) is 5.26 Å². The van der Waals surface area contributed by atoms with Gasteiger partial charge in [-0.15, -0.1) is 0 Å². The van der Waals surface area contributed by atoms with Crippen molar-refractivity contribution in [3.8, 4) is 6.07 Å². The van der Waals surface area contributed by atoms with Crippen LogP contribution in [0.5, 0.6) is 0 Å². The van der Waals surface area contributed by atoms with Crippen molar-refractivity contribution < 1.29 is 4.79 Å². The van der Waals surface area contributed by atoms with Gasteiger partial charge in [0.05, 0.1) is 27.9 Å². The number of nitrogens with zero attached hydrogens (tertiary/aromatic N) is 1. The van der Waals surface area contributed by atoms with Crippen LogP contribution in [0, 0.1) is 11.3 Å². The van der Waals surface area contributed by atoms with Crippen LogP contribution in [0.3, 0.4) is 0 Å². The lowest BCUT2D eigenvalue weighted by Crippen LogP contribution is -2.49. The molecule has 2 N–H and O–H groups in total. The molecule has 18 heavy (non-hydrogen) atoms. The lowest BCUT2D eigenvalue weighted by atomic mass is 10.0. The maximum Gasteiger partial charge on any atom is 0.244 e. The van der Waals surface area contributed by atoms with Crippen molar-refractivity contribution in [3.05, 3.63) is 28.8 Å². The number of halogens is 1. The zero-order valence-corrected chi connectivity index (χ0v) is 11.4. The van der Waals surface area contributed by atoms with Gasteiger partial charge in [-0.05, 0) is 38.6 Å². The number of benzene rings is 1. The van der Waals surface area contributed by atoms with Crippen LogP contribution in [0.2, 0.25) is 5.02 Å². The predicted molar refractivity (Wildman–Crippen MR) is 72.6 cm³/mol. The fraction of sp³-hybridized carbons (Fsp3) is 0.385. The van der Waals surface area contributed by atoms with E-state index in [2.05, 4.69) is 10.6 Å². The molecular weight excluding hydrogens is 250 g/mol. The van der Waals surface area contributed by atoms with Gasteiger partial charge in [-0.25, -0.2) is 0 Å². The van der Waals surface area contributed by atoms with Gasteiger partial charge in [0.2, 0.25) is 5.91 Å². The first-order valence-corrected chi connectivity index (χ1v) is 6.04. The minimum Gasteiger partial charge on any atom is -0.323 e. The molecule has 0 aliphatic heterocycles. The Kier molecular flexibility index (Phi) is 4.71. The highest BCUT2D eigenvalue weighted by atomic mass is 35.5. The first kappa shape index (κ1) is 14.5. The van der Waals surface area contributed by atoms with Crippen LogP contribution < -0.4 is 10.6 Å². The van der Waals surface area contributed by atoms with E-state index in [0.717, 1.165) is 0 Å². The van der Waals surface area contributed by atoms with Crippen LogP contribution in [0.25, 0.3) is 0 Å². The summed E-state index contributed by atoms with van der Waals surface area (Å²) < 4.78 is 0. The molecule has 0 saturated carbocycles. The molecule has 96 valence electrons. The van der Waals surface area contributed by atoms with Crippen molar-refractivity contribution in [2.75, 3.05) is 11.9 Å². The summed E-state index contributed by atoms with van der Waals surface area (Å²) in [5.74, 6) is -0.170. The molecule has 4 nitrogen and oxygen atoms in total. The summed E-state index contributed by atoms with van der Waals surface area (Å²) in [6.45, 7) is 6.22. The second kappa shape index (κ2) is 5.85. The Labute approximate surface area is 112 Å². The van der Waals surface area contributed by atoms with Gasteiger partial charge in [-0.3, -0.25) is 4.79 Å². The van der Waals surface area contributed by atoms with Crippen molar-refractivity contribution >= 4 is 23.2 Å². The van der Waals surface area contributed by atoms with Gasteiger partial charge in [0, 0.05) is 0 Å². The molecule has 0 saturated heterocycles. The second-order valence-corrected chi connectivity index (χ2v) is 4.82. The molecule has 1 rings (SSSR count). The maximum atomic E-state index is 12.0. The Hall–Kier alpha value is -1.57. The topological polar surface area (TPSA) is 64.9 Å². The average Bonchev–Trinajstić information content (AvgIpc) is 2.31. The fourth-order valence-corrected chi connectivity index (χ4v) is 1.71. The summed E-state index contributed by atoms with van der Waals surface area (Å²) in [6, 6.07) is 6.75.